The standard InChI is InChI=1S/C16H10O4.C12H16O4/c17-15(18)11-5-1-3-9-7-10-4-2-6-12(16(19)20)14(10)8-13(9)11;13-9(14)11-2-7-1-8(4-11)5-12(3-7,6-11)10(15)16/h1-8H,(H,17,18)(H,19,20);7-8H,1-6H2,(H,13,14)(H,15,16). The molecule has 4 N–H and O–H groups in total. The van der Waals surface area contributed by atoms with Gasteiger partial charge in [-0.25, -0.2) is 9.59 Å². The maximum atomic E-state index is 11.4. The van der Waals surface area contributed by atoms with Crippen molar-refractivity contribution in [2.45, 2.75) is 38.5 Å². The molecule has 4 fully saturated rings. The molecule has 3 aromatic rings. The molecule has 4 bridgehead atoms. The third-order valence-electron chi connectivity index (χ3n) is 8.31. The number of benzene rings is 3. The number of carboxylic acid groups (broad SMARTS) is 4. The summed E-state index contributed by atoms with van der Waals surface area (Å²) in [4.78, 5) is 45.4. The molecule has 0 saturated heterocycles. The molecule has 0 radical (unpaired) electrons. The quantitative estimate of drug-likeness (QED) is 0.368. The van der Waals surface area contributed by atoms with Crippen molar-refractivity contribution in [2.24, 2.45) is 22.7 Å². The van der Waals surface area contributed by atoms with Crippen molar-refractivity contribution in [1.29, 1.82) is 0 Å². The Morgan fingerprint density at radius 3 is 1.42 bits per heavy atom. The predicted octanol–water partition coefficient (Wildman–Crippen LogP) is 5.13. The van der Waals surface area contributed by atoms with Gasteiger partial charge in [0.1, 0.15) is 0 Å². The fourth-order valence-corrected chi connectivity index (χ4v) is 7.19. The molecule has 0 spiro atoms. The lowest BCUT2D eigenvalue weighted by molar-refractivity contribution is -0.187. The van der Waals surface area contributed by atoms with Crippen LogP contribution in [0.4, 0.5) is 0 Å². The van der Waals surface area contributed by atoms with Crippen LogP contribution in [0.25, 0.3) is 21.5 Å². The van der Waals surface area contributed by atoms with Gasteiger partial charge in [0.15, 0.2) is 0 Å². The molecule has 3 aromatic carbocycles. The summed E-state index contributed by atoms with van der Waals surface area (Å²) < 4.78 is 0. The van der Waals surface area contributed by atoms with E-state index in [1.54, 1.807) is 18.2 Å². The summed E-state index contributed by atoms with van der Waals surface area (Å²) in [6.45, 7) is 0. The number of carbonyl (C=O) groups is 4. The zero-order valence-electron chi connectivity index (χ0n) is 19.4. The first-order chi connectivity index (χ1) is 17.0. The Kier molecular flexibility index (Phi) is 5.50. The van der Waals surface area contributed by atoms with Crippen molar-refractivity contribution in [1.82, 2.24) is 0 Å². The molecule has 0 amide bonds. The van der Waals surface area contributed by atoms with Crippen LogP contribution in [0.5, 0.6) is 0 Å². The first-order valence-electron chi connectivity index (χ1n) is 11.9. The molecule has 8 heteroatoms. The Morgan fingerprint density at radius 1 is 0.639 bits per heavy atom. The van der Waals surface area contributed by atoms with Crippen LogP contribution >= 0.6 is 0 Å². The van der Waals surface area contributed by atoms with E-state index in [4.69, 9.17) is 0 Å². The molecular formula is C28H26O8. The van der Waals surface area contributed by atoms with Gasteiger partial charge in [0, 0.05) is 0 Å². The second kappa shape index (κ2) is 8.33. The first kappa shape index (κ1) is 23.8. The van der Waals surface area contributed by atoms with Gasteiger partial charge in [0.2, 0.25) is 0 Å². The normalized spacial score (nSPS) is 27.9. The van der Waals surface area contributed by atoms with E-state index in [-0.39, 0.29) is 11.1 Å². The number of hydrogen-bond donors (Lipinski definition) is 4. The highest BCUT2D eigenvalue weighted by Gasteiger charge is 2.63. The lowest BCUT2D eigenvalue weighted by Gasteiger charge is -2.58. The molecule has 0 heterocycles. The Labute approximate surface area is 206 Å². The summed E-state index contributed by atoms with van der Waals surface area (Å²) >= 11 is 0. The molecule has 4 aliphatic rings. The molecule has 4 aliphatic carbocycles. The molecular weight excluding hydrogens is 464 g/mol. The average molecular weight is 491 g/mol. The third kappa shape index (κ3) is 3.77. The van der Waals surface area contributed by atoms with Gasteiger partial charge in [0.05, 0.1) is 22.0 Å². The van der Waals surface area contributed by atoms with Crippen molar-refractivity contribution >= 4 is 45.4 Å². The highest BCUT2D eigenvalue weighted by molar-refractivity contribution is 6.12. The van der Waals surface area contributed by atoms with Crippen LogP contribution in [0.15, 0.2) is 48.5 Å². The Balaban J connectivity index is 0.000000152. The van der Waals surface area contributed by atoms with E-state index in [9.17, 15) is 39.6 Å². The van der Waals surface area contributed by atoms with Gasteiger partial charge >= 0.3 is 23.9 Å². The number of aromatic carboxylic acids is 2. The minimum absolute atomic E-state index is 0.171. The van der Waals surface area contributed by atoms with Gasteiger partial charge in [-0.2, -0.15) is 0 Å². The maximum absolute atomic E-state index is 11.4. The molecule has 0 aliphatic heterocycles. The minimum atomic E-state index is -1.03. The average Bonchev–Trinajstić information content (AvgIpc) is 2.81. The smallest absolute Gasteiger partial charge is 0.336 e. The topological polar surface area (TPSA) is 149 Å². The number of carboxylic acids is 4. The van der Waals surface area contributed by atoms with Gasteiger partial charge < -0.3 is 20.4 Å². The van der Waals surface area contributed by atoms with E-state index < -0.39 is 34.7 Å². The van der Waals surface area contributed by atoms with Gasteiger partial charge in [-0.15, -0.1) is 0 Å². The molecule has 0 atom stereocenters. The summed E-state index contributed by atoms with van der Waals surface area (Å²) in [5.41, 5.74) is -1.10. The second-order valence-corrected chi connectivity index (χ2v) is 10.6. The summed E-state index contributed by atoms with van der Waals surface area (Å²) in [5, 5.41) is 39.8. The Bertz CT molecular complexity index is 1320. The SMILES string of the molecule is O=C(O)C12CC3CC(C1)CC(C(=O)O)(C3)C2.O=C(O)c1cccc2cc3cccc(C(=O)O)c3cc12. The van der Waals surface area contributed by atoms with Crippen LogP contribution < -0.4 is 0 Å². The zero-order chi connectivity index (χ0) is 25.8. The molecule has 0 unspecified atom stereocenters. The van der Waals surface area contributed by atoms with Crippen molar-refractivity contribution in [2.75, 3.05) is 0 Å². The van der Waals surface area contributed by atoms with E-state index in [0.717, 1.165) is 17.2 Å². The fraction of sp³-hybridized carbons (Fsp3) is 0.357. The van der Waals surface area contributed by atoms with Crippen molar-refractivity contribution in [3.05, 3.63) is 59.7 Å². The van der Waals surface area contributed by atoms with Crippen molar-refractivity contribution in [3.63, 3.8) is 0 Å². The monoisotopic (exact) mass is 490 g/mol. The van der Waals surface area contributed by atoms with Gasteiger partial charge in [-0.3, -0.25) is 9.59 Å². The van der Waals surface area contributed by atoms with Crippen molar-refractivity contribution in [3.8, 4) is 0 Å². The van der Waals surface area contributed by atoms with E-state index in [2.05, 4.69) is 0 Å². The van der Waals surface area contributed by atoms with Gasteiger partial charge in [-0.05, 0) is 96.2 Å². The molecule has 36 heavy (non-hydrogen) atoms. The number of rotatable bonds is 4. The Hall–Kier alpha value is -3.94. The molecule has 7 rings (SSSR count). The van der Waals surface area contributed by atoms with Crippen molar-refractivity contribution < 1.29 is 39.6 Å². The fourth-order valence-electron chi connectivity index (χ4n) is 7.19. The minimum Gasteiger partial charge on any atom is -0.481 e. The van der Waals surface area contributed by atoms with E-state index in [0.29, 0.717) is 54.7 Å². The first-order valence-corrected chi connectivity index (χ1v) is 11.9. The summed E-state index contributed by atoms with van der Waals surface area (Å²) in [7, 11) is 0. The molecule has 4 saturated carbocycles. The van der Waals surface area contributed by atoms with Crippen LogP contribution in [-0.4, -0.2) is 44.3 Å². The number of fused-ring (bicyclic) bond motifs is 2. The lowest BCUT2D eigenvalue weighted by atomic mass is 9.44. The molecule has 8 nitrogen and oxygen atoms in total. The number of hydrogen-bond acceptors (Lipinski definition) is 4. The van der Waals surface area contributed by atoms with E-state index in [1.165, 1.54) is 12.1 Å². The van der Waals surface area contributed by atoms with Crippen LogP contribution in [0.3, 0.4) is 0 Å². The zero-order valence-corrected chi connectivity index (χ0v) is 19.4. The summed E-state index contributed by atoms with van der Waals surface area (Å²) in [6.07, 6.45) is 4.21. The van der Waals surface area contributed by atoms with E-state index >= 15 is 0 Å². The second-order valence-electron chi connectivity index (χ2n) is 10.6. The molecule has 186 valence electrons. The lowest BCUT2D eigenvalue weighted by Crippen LogP contribution is -2.57. The summed E-state index contributed by atoms with van der Waals surface area (Å²) in [5.74, 6) is -2.94. The highest BCUT2D eigenvalue weighted by atomic mass is 16.4. The Morgan fingerprint density at radius 2 is 1.06 bits per heavy atom. The van der Waals surface area contributed by atoms with Crippen LogP contribution in [0.1, 0.15) is 59.2 Å². The van der Waals surface area contributed by atoms with Gasteiger partial charge in [-0.1, -0.05) is 24.3 Å². The van der Waals surface area contributed by atoms with Crippen LogP contribution in [0, 0.1) is 22.7 Å². The van der Waals surface area contributed by atoms with Crippen LogP contribution in [0.2, 0.25) is 0 Å². The predicted molar refractivity (Wildman–Crippen MR) is 130 cm³/mol. The van der Waals surface area contributed by atoms with E-state index in [1.807, 2.05) is 18.2 Å². The summed E-state index contributed by atoms with van der Waals surface area (Å²) in [6, 6.07) is 13.5. The highest BCUT2D eigenvalue weighted by Crippen LogP contribution is 2.65. The van der Waals surface area contributed by atoms with Gasteiger partial charge in [0.25, 0.3) is 0 Å². The van der Waals surface area contributed by atoms with Crippen LogP contribution in [-0.2, 0) is 9.59 Å². The number of aliphatic carboxylic acids is 2. The third-order valence-corrected chi connectivity index (χ3v) is 8.31. The largest absolute Gasteiger partial charge is 0.481 e. The molecule has 0 aromatic heterocycles. The maximum Gasteiger partial charge on any atom is 0.336 e.